The Morgan fingerprint density at radius 1 is 1.22 bits per heavy atom. The van der Waals surface area contributed by atoms with Gasteiger partial charge in [0, 0.05) is 18.6 Å². The number of rotatable bonds is 7. The molecule has 0 aromatic carbocycles. The molecule has 0 aromatic rings. The van der Waals surface area contributed by atoms with Crippen molar-refractivity contribution in [2.75, 3.05) is 31.1 Å². The van der Waals surface area contributed by atoms with Gasteiger partial charge in [-0.25, -0.2) is 8.42 Å². The molecule has 1 aliphatic carbocycles. The lowest BCUT2D eigenvalue weighted by Gasteiger charge is -2.33. The van der Waals surface area contributed by atoms with Gasteiger partial charge in [0.15, 0.2) is 9.84 Å². The van der Waals surface area contributed by atoms with Crippen molar-refractivity contribution in [3.05, 3.63) is 0 Å². The Bertz CT molecular complexity index is 352. The van der Waals surface area contributed by atoms with Crippen LogP contribution < -0.4 is 5.32 Å². The van der Waals surface area contributed by atoms with E-state index in [0.717, 1.165) is 25.7 Å². The van der Waals surface area contributed by atoms with E-state index in [9.17, 15) is 8.42 Å². The minimum Gasteiger partial charge on any atom is -0.314 e. The van der Waals surface area contributed by atoms with E-state index in [4.69, 9.17) is 0 Å². The summed E-state index contributed by atoms with van der Waals surface area (Å²) in [6.07, 6.45) is 6.41. The van der Waals surface area contributed by atoms with Gasteiger partial charge in [-0.2, -0.15) is 0 Å². The van der Waals surface area contributed by atoms with Crippen molar-refractivity contribution in [1.82, 2.24) is 10.2 Å². The molecular weight excluding hydrogens is 248 g/mol. The van der Waals surface area contributed by atoms with E-state index in [2.05, 4.69) is 10.2 Å². The zero-order chi connectivity index (χ0) is 13.0. The summed E-state index contributed by atoms with van der Waals surface area (Å²) in [7, 11) is -2.76. The third-order valence-corrected chi connectivity index (χ3v) is 5.74. The summed E-state index contributed by atoms with van der Waals surface area (Å²) in [4.78, 5) is 2.33. The second-order valence-corrected chi connectivity index (χ2v) is 8.02. The number of unbranched alkanes of at least 4 members (excludes halogenated alkanes) is 2. The summed E-state index contributed by atoms with van der Waals surface area (Å²) in [5, 5.41) is 3.52. The maximum atomic E-state index is 11.5. The zero-order valence-electron chi connectivity index (χ0n) is 11.4. The first kappa shape index (κ1) is 14.3. The molecule has 0 radical (unpaired) electrons. The fraction of sp³-hybridized carbons (Fsp3) is 1.00. The number of hydrogen-bond acceptors (Lipinski definition) is 4. The molecule has 0 spiro atoms. The molecule has 4 nitrogen and oxygen atoms in total. The van der Waals surface area contributed by atoms with Crippen molar-refractivity contribution in [3.63, 3.8) is 0 Å². The summed E-state index contributed by atoms with van der Waals surface area (Å²) in [5.74, 6) is 0.691. The third kappa shape index (κ3) is 4.86. The fourth-order valence-corrected chi connectivity index (χ4v) is 4.20. The van der Waals surface area contributed by atoms with Crippen molar-refractivity contribution in [1.29, 1.82) is 0 Å². The molecule has 1 unspecified atom stereocenters. The number of sulfone groups is 1. The molecule has 1 N–H and O–H groups in total. The van der Waals surface area contributed by atoms with Gasteiger partial charge < -0.3 is 5.32 Å². The zero-order valence-corrected chi connectivity index (χ0v) is 12.2. The van der Waals surface area contributed by atoms with Crippen LogP contribution >= 0.6 is 0 Å². The van der Waals surface area contributed by atoms with Crippen LogP contribution in [-0.2, 0) is 9.84 Å². The van der Waals surface area contributed by atoms with Gasteiger partial charge in [-0.05, 0) is 45.7 Å². The molecule has 1 saturated carbocycles. The highest BCUT2D eigenvalue weighted by molar-refractivity contribution is 7.91. The molecule has 2 rings (SSSR count). The summed E-state index contributed by atoms with van der Waals surface area (Å²) in [6, 6.07) is 1.02. The monoisotopic (exact) mass is 274 g/mol. The van der Waals surface area contributed by atoms with Crippen molar-refractivity contribution in [2.24, 2.45) is 0 Å². The molecule has 0 bridgehead atoms. The van der Waals surface area contributed by atoms with Crippen LogP contribution in [0.15, 0.2) is 0 Å². The summed E-state index contributed by atoms with van der Waals surface area (Å²) in [5.41, 5.74) is 0. The van der Waals surface area contributed by atoms with Gasteiger partial charge >= 0.3 is 0 Å². The van der Waals surface area contributed by atoms with E-state index in [1.165, 1.54) is 32.1 Å². The van der Waals surface area contributed by atoms with Crippen molar-refractivity contribution in [2.45, 2.75) is 51.1 Å². The average molecular weight is 274 g/mol. The first-order valence-electron chi connectivity index (χ1n) is 7.25. The van der Waals surface area contributed by atoms with Gasteiger partial charge in [0.05, 0.1) is 11.5 Å². The summed E-state index contributed by atoms with van der Waals surface area (Å²) in [6.45, 7) is 4.96. The Kier molecular flexibility index (Phi) is 5.04. The maximum absolute atomic E-state index is 11.5. The molecule has 0 amide bonds. The van der Waals surface area contributed by atoms with Gasteiger partial charge in [-0.3, -0.25) is 4.90 Å². The molecule has 1 heterocycles. The Labute approximate surface area is 111 Å². The number of nitrogens with one attached hydrogen (secondary N) is 1. The predicted octanol–water partition coefficient (Wildman–Crippen LogP) is 1.03. The Morgan fingerprint density at radius 3 is 2.67 bits per heavy atom. The van der Waals surface area contributed by atoms with Crippen LogP contribution in [0.5, 0.6) is 0 Å². The topological polar surface area (TPSA) is 49.4 Å². The minimum atomic E-state index is -2.76. The fourth-order valence-electron chi connectivity index (χ4n) is 2.58. The predicted molar refractivity (Wildman–Crippen MR) is 74.6 cm³/mol. The first-order valence-corrected chi connectivity index (χ1v) is 9.07. The molecule has 5 heteroatoms. The molecular formula is C13H26N2O2S. The van der Waals surface area contributed by atoms with Gasteiger partial charge in [0.2, 0.25) is 0 Å². The molecule has 2 fully saturated rings. The normalized spacial score (nSPS) is 28.4. The van der Waals surface area contributed by atoms with E-state index < -0.39 is 9.84 Å². The van der Waals surface area contributed by atoms with Crippen LogP contribution in [0, 0.1) is 0 Å². The average Bonchev–Trinajstić information content (AvgIpc) is 3.08. The van der Waals surface area contributed by atoms with Gasteiger partial charge in [-0.1, -0.05) is 6.42 Å². The first-order chi connectivity index (χ1) is 8.57. The summed E-state index contributed by atoms with van der Waals surface area (Å²) >= 11 is 0. The Balaban J connectivity index is 1.53. The van der Waals surface area contributed by atoms with Crippen molar-refractivity contribution in [3.8, 4) is 0 Å². The lowest BCUT2D eigenvalue weighted by molar-refractivity contribution is 0.222. The number of nitrogens with zero attached hydrogens (tertiary/aromatic N) is 1. The lowest BCUT2D eigenvalue weighted by atomic mass is 10.2. The van der Waals surface area contributed by atoms with E-state index in [1.807, 2.05) is 6.92 Å². The molecule has 2 aliphatic rings. The molecule has 1 aliphatic heterocycles. The lowest BCUT2D eigenvalue weighted by Crippen LogP contribution is -2.47. The van der Waals surface area contributed by atoms with Crippen molar-refractivity contribution < 1.29 is 8.42 Å². The second kappa shape index (κ2) is 6.35. The van der Waals surface area contributed by atoms with Crippen LogP contribution in [-0.4, -0.2) is 56.5 Å². The molecule has 0 aromatic heterocycles. The standard InChI is InChI=1S/C13H26N2O2S/c1-12-11-18(16,17)10-9-15(12)8-4-2-3-7-14-13-5-6-13/h12-14H,2-11H2,1H3. The van der Waals surface area contributed by atoms with Crippen LogP contribution in [0.1, 0.15) is 39.0 Å². The van der Waals surface area contributed by atoms with Crippen LogP contribution in [0.25, 0.3) is 0 Å². The Morgan fingerprint density at radius 2 is 2.00 bits per heavy atom. The summed E-state index contributed by atoms with van der Waals surface area (Å²) < 4.78 is 22.9. The van der Waals surface area contributed by atoms with Crippen LogP contribution in [0.2, 0.25) is 0 Å². The van der Waals surface area contributed by atoms with Crippen LogP contribution in [0.4, 0.5) is 0 Å². The Hall–Kier alpha value is -0.130. The number of hydrogen-bond donors (Lipinski definition) is 1. The molecule has 106 valence electrons. The smallest absolute Gasteiger partial charge is 0.153 e. The third-order valence-electron chi connectivity index (χ3n) is 3.94. The van der Waals surface area contributed by atoms with E-state index >= 15 is 0 Å². The quantitative estimate of drug-likeness (QED) is 0.705. The van der Waals surface area contributed by atoms with Crippen LogP contribution in [0.3, 0.4) is 0 Å². The van der Waals surface area contributed by atoms with Gasteiger partial charge in [0.1, 0.15) is 0 Å². The molecule has 1 atom stereocenters. The maximum Gasteiger partial charge on any atom is 0.153 e. The highest BCUT2D eigenvalue weighted by Crippen LogP contribution is 2.18. The highest BCUT2D eigenvalue weighted by Gasteiger charge is 2.27. The van der Waals surface area contributed by atoms with Crippen molar-refractivity contribution >= 4 is 9.84 Å². The van der Waals surface area contributed by atoms with Gasteiger partial charge in [-0.15, -0.1) is 0 Å². The largest absolute Gasteiger partial charge is 0.314 e. The second-order valence-electron chi connectivity index (χ2n) is 5.79. The minimum absolute atomic E-state index is 0.202. The highest BCUT2D eigenvalue weighted by atomic mass is 32.2. The molecule has 1 saturated heterocycles. The van der Waals surface area contributed by atoms with E-state index in [-0.39, 0.29) is 6.04 Å². The van der Waals surface area contributed by atoms with E-state index in [1.54, 1.807) is 0 Å². The van der Waals surface area contributed by atoms with E-state index in [0.29, 0.717) is 11.5 Å². The van der Waals surface area contributed by atoms with Gasteiger partial charge in [0.25, 0.3) is 0 Å². The SMILES string of the molecule is CC1CS(=O)(=O)CCN1CCCCCNC1CC1. The molecule has 18 heavy (non-hydrogen) atoms.